The average Bonchev–Trinajstić information content (AvgIpc) is 2.81. The second-order valence-electron chi connectivity index (χ2n) is 5.25. The van der Waals surface area contributed by atoms with Crippen LogP contribution in [0.2, 0.25) is 0 Å². The number of carbonyl (C=O) groups is 1. The minimum absolute atomic E-state index is 0.0179. The number of imidazole rings is 1. The summed E-state index contributed by atoms with van der Waals surface area (Å²) in [6.45, 7) is 6.69. The zero-order valence-electron chi connectivity index (χ0n) is 12.6. The van der Waals surface area contributed by atoms with Crippen molar-refractivity contribution in [1.82, 2.24) is 19.5 Å². The van der Waals surface area contributed by atoms with Crippen LogP contribution in [0, 0.1) is 0 Å². The highest BCUT2D eigenvalue weighted by molar-refractivity contribution is 5.72. The van der Waals surface area contributed by atoms with Crippen LogP contribution in [0.15, 0.2) is 12.4 Å². The summed E-state index contributed by atoms with van der Waals surface area (Å²) in [7, 11) is 2.01. The number of aryl methyl sites for hydroxylation is 1. The van der Waals surface area contributed by atoms with Crippen LogP contribution in [0.5, 0.6) is 0 Å². The number of hydrogen-bond acceptors (Lipinski definition) is 4. The summed E-state index contributed by atoms with van der Waals surface area (Å²) in [4.78, 5) is 23.9. The molecule has 1 fully saturated rings. The summed E-state index contributed by atoms with van der Waals surface area (Å²) < 4.78 is 2.04. The highest BCUT2D eigenvalue weighted by Gasteiger charge is 2.28. The molecule has 0 N–H and O–H groups in total. The SMILES string of the molecule is CCON(C(C)=O)C1CCCN(Cc2nccn2C)C1. The third-order valence-corrected chi connectivity index (χ3v) is 3.68. The summed E-state index contributed by atoms with van der Waals surface area (Å²) in [6.07, 6.45) is 5.85. The second kappa shape index (κ2) is 6.85. The van der Waals surface area contributed by atoms with Crippen molar-refractivity contribution >= 4 is 5.91 Å². The maximum Gasteiger partial charge on any atom is 0.243 e. The molecule has 0 radical (unpaired) electrons. The molecule has 1 aromatic rings. The normalized spacial score (nSPS) is 20.1. The van der Waals surface area contributed by atoms with Gasteiger partial charge in [-0.3, -0.25) is 14.5 Å². The molecule has 0 aromatic carbocycles. The summed E-state index contributed by atoms with van der Waals surface area (Å²) in [6, 6.07) is 0.140. The van der Waals surface area contributed by atoms with Crippen molar-refractivity contribution in [1.29, 1.82) is 0 Å². The van der Waals surface area contributed by atoms with Crippen LogP contribution in [0.3, 0.4) is 0 Å². The van der Waals surface area contributed by atoms with E-state index in [1.807, 2.05) is 30.9 Å². The maximum atomic E-state index is 11.7. The Morgan fingerprint density at radius 1 is 1.60 bits per heavy atom. The standard InChI is InChI=1S/C14H24N4O2/c1-4-20-18(12(2)19)13-6-5-8-17(10-13)11-14-15-7-9-16(14)3/h7,9,13H,4-6,8,10-11H2,1-3H3. The summed E-state index contributed by atoms with van der Waals surface area (Å²) in [5, 5.41) is 1.55. The fourth-order valence-corrected chi connectivity index (χ4v) is 2.71. The lowest BCUT2D eigenvalue weighted by Gasteiger charge is -2.37. The van der Waals surface area contributed by atoms with E-state index in [2.05, 4.69) is 9.88 Å². The largest absolute Gasteiger partial charge is 0.337 e. The molecule has 0 aliphatic carbocycles. The zero-order chi connectivity index (χ0) is 14.5. The van der Waals surface area contributed by atoms with Crippen LogP contribution >= 0.6 is 0 Å². The number of amides is 1. The van der Waals surface area contributed by atoms with E-state index in [0.29, 0.717) is 6.61 Å². The Balaban J connectivity index is 1.97. The number of rotatable bonds is 5. The number of piperidine rings is 1. The van der Waals surface area contributed by atoms with E-state index in [9.17, 15) is 4.79 Å². The number of hydrogen-bond donors (Lipinski definition) is 0. The highest BCUT2D eigenvalue weighted by Crippen LogP contribution is 2.18. The van der Waals surface area contributed by atoms with Crippen molar-refractivity contribution in [2.45, 2.75) is 39.3 Å². The number of nitrogens with zero attached hydrogens (tertiary/aromatic N) is 4. The molecule has 0 bridgehead atoms. The molecule has 2 rings (SSSR count). The van der Waals surface area contributed by atoms with Crippen molar-refractivity contribution in [3.8, 4) is 0 Å². The summed E-state index contributed by atoms with van der Waals surface area (Å²) >= 11 is 0. The van der Waals surface area contributed by atoms with Crippen LogP contribution in [0.4, 0.5) is 0 Å². The third-order valence-electron chi connectivity index (χ3n) is 3.68. The molecule has 6 heteroatoms. The van der Waals surface area contributed by atoms with Crippen molar-refractivity contribution in [2.24, 2.45) is 7.05 Å². The fraction of sp³-hybridized carbons (Fsp3) is 0.714. The molecule has 6 nitrogen and oxygen atoms in total. The zero-order valence-corrected chi connectivity index (χ0v) is 12.6. The van der Waals surface area contributed by atoms with Crippen LogP contribution < -0.4 is 0 Å². The number of carbonyl (C=O) groups excluding carboxylic acids is 1. The highest BCUT2D eigenvalue weighted by atomic mass is 16.7. The monoisotopic (exact) mass is 280 g/mol. The first kappa shape index (κ1) is 15.0. The summed E-state index contributed by atoms with van der Waals surface area (Å²) in [5.41, 5.74) is 0. The van der Waals surface area contributed by atoms with Crippen molar-refractivity contribution in [3.05, 3.63) is 18.2 Å². The molecular weight excluding hydrogens is 256 g/mol. The van der Waals surface area contributed by atoms with E-state index in [1.54, 1.807) is 12.0 Å². The lowest BCUT2D eigenvalue weighted by molar-refractivity contribution is -0.201. The number of hydroxylamine groups is 2. The molecule has 0 spiro atoms. The molecule has 20 heavy (non-hydrogen) atoms. The van der Waals surface area contributed by atoms with Gasteiger partial charge in [0.05, 0.1) is 19.2 Å². The first-order valence-corrected chi connectivity index (χ1v) is 7.23. The third kappa shape index (κ3) is 3.58. The van der Waals surface area contributed by atoms with Crippen molar-refractivity contribution in [3.63, 3.8) is 0 Å². The Bertz CT molecular complexity index is 446. The van der Waals surface area contributed by atoms with Gasteiger partial charge in [0.2, 0.25) is 5.91 Å². The molecular formula is C14H24N4O2. The first-order chi connectivity index (χ1) is 9.61. The van der Waals surface area contributed by atoms with E-state index in [1.165, 1.54) is 0 Å². The Kier molecular flexibility index (Phi) is 5.14. The van der Waals surface area contributed by atoms with Crippen molar-refractivity contribution in [2.75, 3.05) is 19.7 Å². The van der Waals surface area contributed by atoms with Crippen LogP contribution in [-0.2, 0) is 23.2 Å². The lowest BCUT2D eigenvalue weighted by atomic mass is 10.1. The smallest absolute Gasteiger partial charge is 0.243 e. The maximum absolute atomic E-state index is 11.7. The molecule has 1 amide bonds. The lowest BCUT2D eigenvalue weighted by Crippen LogP contribution is -2.49. The van der Waals surface area contributed by atoms with E-state index in [4.69, 9.17) is 4.84 Å². The van der Waals surface area contributed by atoms with Gasteiger partial charge in [0, 0.05) is 32.9 Å². The summed E-state index contributed by atoms with van der Waals surface area (Å²) in [5.74, 6) is 1.03. The number of aromatic nitrogens is 2. The van der Waals surface area contributed by atoms with E-state index < -0.39 is 0 Å². The van der Waals surface area contributed by atoms with Gasteiger partial charge in [-0.25, -0.2) is 10.0 Å². The average molecular weight is 280 g/mol. The Labute approximate surface area is 120 Å². The molecule has 1 aliphatic rings. The molecule has 1 aromatic heterocycles. The number of likely N-dealkylation sites (tertiary alicyclic amines) is 1. The van der Waals surface area contributed by atoms with Gasteiger partial charge >= 0.3 is 0 Å². The fourth-order valence-electron chi connectivity index (χ4n) is 2.71. The minimum atomic E-state index is -0.0179. The van der Waals surface area contributed by atoms with Gasteiger partial charge in [-0.15, -0.1) is 0 Å². The first-order valence-electron chi connectivity index (χ1n) is 7.23. The Morgan fingerprint density at radius 2 is 2.40 bits per heavy atom. The van der Waals surface area contributed by atoms with Crippen molar-refractivity contribution < 1.29 is 9.63 Å². The van der Waals surface area contributed by atoms with Gasteiger partial charge in [0.1, 0.15) is 5.82 Å². The van der Waals surface area contributed by atoms with Crippen LogP contribution in [0.25, 0.3) is 0 Å². The molecule has 1 atom stereocenters. The predicted octanol–water partition coefficient (Wildman–Crippen LogP) is 1.18. The Hall–Kier alpha value is -1.40. The van der Waals surface area contributed by atoms with Crippen LogP contribution in [-0.4, -0.2) is 51.2 Å². The van der Waals surface area contributed by atoms with Gasteiger partial charge in [0.15, 0.2) is 0 Å². The van der Waals surface area contributed by atoms with E-state index in [-0.39, 0.29) is 11.9 Å². The van der Waals surface area contributed by atoms with Gasteiger partial charge in [-0.1, -0.05) is 0 Å². The molecule has 1 aliphatic heterocycles. The molecule has 112 valence electrons. The Morgan fingerprint density at radius 3 is 3.00 bits per heavy atom. The molecule has 1 saturated heterocycles. The quantitative estimate of drug-likeness (QED) is 0.760. The van der Waals surface area contributed by atoms with Gasteiger partial charge < -0.3 is 4.57 Å². The van der Waals surface area contributed by atoms with E-state index >= 15 is 0 Å². The van der Waals surface area contributed by atoms with Gasteiger partial charge in [0.25, 0.3) is 0 Å². The topological polar surface area (TPSA) is 50.6 Å². The minimum Gasteiger partial charge on any atom is -0.337 e. The predicted molar refractivity (Wildman–Crippen MR) is 75.7 cm³/mol. The van der Waals surface area contributed by atoms with Gasteiger partial charge in [-0.05, 0) is 26.3 Å². The molecule has 1 unspecified atom stereocenters. The molecule has 0 saturated carbocycles. The molecule has 2 heterocycles. The van der Waals surface area contributed by atoms with E-state index in [0.717, 1.165) is 38.3 Å². The van der Waals surface area contributed by atoms with Gasteiger partial charge in [-0.2, -0.15) is 0 Å². The van der Waals surface area contributed by atoms with Crippen LogP contribution in [0.1, 0.15) is 32.5 Å². The second-order valence-corrected chi connectivity index (χ2v) is 5.25.